The van der Waals surface area contributed by atoms with Gasteiger partial charge in [-0.3, -0.25) is 0 Å². The zero-order valence-electron chi connectivity index (χ0n) is 9.24. The zero-order chi connectivity index (χ0) is 10.6. The third-order valence-electron chi connectivity index (χ3n) is 3.48. The quantitative estimate of drug-likeness (QED) is 0.752. The van der Waals surface area contributed by atoms with Gasteiger partial charge in [0.15, 0.2) is 0 Å². The monoisotopic (exact) mass is 195 g/mol. The molecule has 0 aromatic carbocycles. The smallest absolute Gasteiger partial charge is 0.0726 e. The maximum atomic E-state index is 10.0. The zero-order valence-corrected chi connectivity index (χ0v) is 9.24. The molecule has 1 aliphatic carbocycles. The van der Waals surface area contributed by atoms with Gasteiger partial charge in [-0.25, -0.2) is 0 Å². The summed E-state index contributed by atoms with van der Waals surface area (Å²) in [5, 5.41) is 18.9. The lowest BCUT2D eigenvalue weighted by Gasteiger charge is -2.32. The Morgan fingerprint density at radius 2 is 2.21 bits per heavy atom. The van der Waals surface area contributed by atoms with E-state index >= 15 is 0 Å². The van der Waals surface area contributed by atoms with Gasteiger partial charge in [-0.05, 0) is 31.1 Å². The molecule has 1 aliphatic rings. The van der Waals surface area contributed by atoms with Crippen LogP contribution in [0.2, 0.25) is 0 Å². The molecule has 0 bridgehead atoms. The van der Waals surface area contributed by atoms with Crippen molar-refractivity contribution in [1.82, 2.24) is 0 Å². The maximum Gasteiger partial charge on any atom is 0.0726 e. The normalized spacial score (nSPS) is 31.9. The van der Waals surface area contributed by atoms with Gasteiger partial charge in [0.05, 0.1) is 18.1 Å². The second kappa shape index (κ2) is 5.36. The summed E-state index contributed by atoms with van der Waals surface area (Å²) >= 11 is 0. The Kier molecular flexibility index (Phi) is 4.41. The minimum Gasteiger partial charge on any atom is -0.391 e. The number of nitrogens with zero attached hydrogens (tertiary/aromatic N) is 1. The standard InChI is InChI=1S/C12H21NO/c1-3-10(8-13)12(14)11-6-4-5-9(2)7-11/h9-12,14H,3-7H2,1-2H3. The van der Waals surface area contributed by atoms with E-state index in [0.29, 0.717) is 5.92 Å². The van der Waals surface area contributed by atoms with Crippen molar-refractivity contribution in [2.24, 2.45) is 17.8 Å². The van der Waals surface area contributed by atoms with Crippen molar-refractivity contribution in [3.63, 3.8) is 0 Å². The predicted molar refractivity (Wildman–Crippen MR) is 56.5 cm³/mol. The van der Waals surface area contributed by atoms with Gasteiger partial charge in [0, 0.05) is 0 Å². The molecule has 1 rings (SSSR count). The van der Waals surface area contributed by atoms with Crippen molar-refractivity contribution in [2.75, 3.05) is 0 Å². The molecule has 80 valence electrons. The number of nitriles is 1. The van der Waals surface area contributed by atoms with Crippen LogP contribution >= 0.6 is 0 Å². The van der Waals surface area contributed by atoms with Gasteiger partial charge >= 0.3 is 0 Å². The fourth-order valence-electron chi connectivity index (χ4n) is 2.53. The Morgan fingerprint density at radius 3 is 2.71 bits per heavy atom. The Hall–Kier alpha value is -0.550. The van der Waals surface area contributed by atoms with Crippen LogP contribution in [0.25, 0.3) is 0 Å². The van der Waals surface area contributed by atoms with Crippen LogP contribution in [0.15, 0.2) is 0 Å². The highest BCUT2D eigenvalue weighted by Crippen LogP contribution is 2.33. The second-order valence-corrected chi connectivity index (χ2v) is 4.67. The molecule has 2 heteroatoms. The summed E-state index contributed by atoms with van der Waals surface area (Å²) in [4.78, 5) is 0. The molecule has 0 aliphatic heterocycles. The minimum absolute atomic E-state index is 0.162. The molecule has 2 nitrogen and oxygen atoms in total. The molecular formula is C12H21NO. The first kappa shape index (κ1) is 11.5. The average molecular weight is 195 g/mol. The highest BCUT2D eigenvalue weighted by molar-refractivity contribution is 4.91. The SMILES string of the molecule is CCC(C#N)C(O)C1CCCC(C)C1. The van der Waals surface area contributed by atoms with Crippen LogP contribution in [0.5, 0.6) is 0 Å². The summed E-state index contributed by atoms with van der Waals surface area (Å²) in [5.74, 6) is 0.924. The van der Waals surface area contributed by atoms with E-state index in [1.54, 1.807) is 0 Å². The van der Waals surface area contributed by atoms with Crippen molar-refractivity contribution in [3.8, 4) is 6.07 Å². The predicted octanol–water partition coefficient (Wildman–Crippen LogP) is 2.72. The Balaban J connectivity index is 2.50. The molecule has 1 fully saturated rings. The van der Waals surface area contributed by atoms with E-state index in [9.17, 15) is 5.11 Å². The number of rotatable bonds is 3. The molecular weight excluding hydrogens is 174 g/mol. The minimum atomic E-state index is -0.396. The van der Waals surface area contributed by atoms with Crippen molar-refractivity contribution in [2.45, 2.75) is 52.1 Å². The third kappa shape index (κ3) is 2.72. The fraction of sp³-hybridized carbons (Fsp3) is 0.917. The summed E-state index contributed by atoms with van der Waals surface area (Å²) in [5.41, 5.74) is 0. The lowest BCUT2D eigenvalue weighted by Crippen LogP contribution is -2.31. The van der Waals surface area contributed by atoms with Crippen molar-refractivity contribution in [1.29, 1.82) is 5.26 Å². The van der Waals surface area contributed by atoms with Gasteiger partial charge in [0.1, 0.15) is 0 Å². The van der Waals surface area contributed by atoms with Gasteiger partial charge in [-0.15, -0.1) is 0 Å². The molecule has 0 saturated heterocycles. The van der Waals surface area contributed by atoms with Crippen LogP contribution in [0, 0.1) is 29.1 Å². The first-order valence-corrected chi connectivity index (χ1v) is 5.76. The van der Waals surface area contributed by atoms with Crippen LogP contribution in [0.1, 0.15) is 46.0 Å². The average Bonchev–Trinajstić information content (AvgIpc) is 2.19. The second-order valence-electron chi connectivity index (χ2n) is 4.67. The third-order valence-corrected chi connectivity index (χ3v) is 3.48. The van der Waals surface area contributed by atoms with Crippen LogP contribution < -0.4 is 0 Å². The van der Waals surface area contributed by atoms with Gasteiger partial charge in [0.2, 0.25) is 0 Å². The molecule has 1 N–H and O–H groups in total. The van der Waals surface area contributed by atoms with E-state index in [-0.39, 0.29) is 5.92 Å². The number of aliphatic hydroxyl groups excluding tert-OH is 1. The van der Waals surface area contributed by atoms with E-state index in [4.69, 9.17) is 5.26 Å². The molecule has 0 radical (unpaired) electrons. The van der Waals surface area contributed by atoms with Crippen molar-refractivity contribution < 1.29 is 5.11 Å². The van der Waals surface area contributed by atoms with Crippen molar-refractivity contribution in [3.05, 3.63) is 0 Å². The summed E-state index contributed by atoms with van der Waals surface area (Å²) in [6.07, 6.45) is 5.07. The maximum absolute atomic E-state index is 10.0. The summed E-state index contributed by atoms with van der Waals surface area (Å²) in [7, 11) is 0. The topological polar surface area (TPSA) is 44.0 Å². The summed E-state index contributed by atoms with van der Waals surface area (Å²) in [6, 6.07) is 2.21. The van der Waals surface area contributed by atoms with E-state index in [2.05, 4.69) is 13.0 Å². The van der Waals surface area contributed by atoms with Crippen LogP contribution in [-0.4, -0.2) is 11.2 Å². The number of hydrogen-bond acceptors (Lipinski definition) is 2. The van der Waals surface area contributed by atoms with Crippen LogP contribution in [-0.2, 0) is 0 Å². The van der Waals surface area contributed by atoms with E-state index in [1.165, 1.54) is 12.8 Å². The molecule has 1 saturated carbocycles. The molecule has 0 aromatic rings. The summed E-state index contributed by atoms with van der Waals surface area (Å²) in [6.45, 7) is 4.22. The van der Waals surface area contributed by atoms with E-state index in [0.717, 1.165) is 25.2 Å². The highest BCUT2D eigenvalue weighted by atomic mass is 16.3. The molecule has 0 spiro atoms. The van der Waals surface area contributed by atoms with Gasteiger partial charge < -0.3 is 5.11 Å². The molecule has 0 heterocycles. The molecule has 0 amide bonds. The summed E-state index contributed by atoms with van der Waals surface area (Å²) < 4.78 is 0. The lowest BCUT2D eigenvalue weighted by molar-refractivity contribution is 0.0407. The number of aliphatic hydroxyl groups is 1. The fourth-order valence-corrected chi connectivity index (χ4v) is 2.53. The lowest BCUT2D eigenvalue weighted by atomic mass is 9.76. The molecule has 4 unspecified atom stereocenters. The Bertz CT molecular complexity index is 209. The first-order chi connectivity index (χ1) is 6.69. The van der Waals surface area contributed by atoms with E-state index in [1.807, 2.05) is 6.92 Å². The Morgan fingerprint density at radius 1 is 1.50 bits per heavy atom. The van der Waals surface area contributed by atoms with Crippen molar-refractivity contribution >= 4 is 0 Å². The number of hydrogen-bond donors (Lipinski definition) is 1. The van der Waals surface area contributed by atoms with E-state index < -0.39 is 6.10 Å². The first-order valence-electron chi connectivity index (χ1n) is 5.76. The molecule has 4 atom stereocenters. The van der Waals surface area contributed by atoms with Gasteiger partial charge in [-0.1, -0.05) is 26.7 Å². The van der Waals surface area contributed by atoms with Crippen LogP contribution in [0.4, 0.5) is 0 Å². The molecule has 0 aromatic heterocycles. The molecule has 14 heavy (non-hydrogen) atoms. The largest absolute Gasteiger partial charge is 0.391 e. The van der Waals surface area contributed by atoms with Crippen LogP contribution in [0.3, 0.4) is 0 Å². The van der Waals surface area contributed by atoms with Gasteiger partial charge in [-0.2, -0.15) is 5.26 Å². The highest BCUT2D eigenvalue weighted by Gasteiger charge is 2.29. The van der Waals surface area contributed by atoms with Gasteiger partial charge in [0.25, 0.3) is 0 Å². The Labute approximate surface area is 86.9 Å².